The highest BCUT2D eigenvalue weighted by Crippen LogP contribution is 2.47. The van der Waals surface area contributed by atoms with Crippen molar-refractivity contribution in [3.05, 3.63) is 88.5 Å². The fourth-order valence-electron chi connectivity index (χ4n) is 6.12. The Labute approximate surface area is 231 Å². The lowest BCUT2D eigenvalue weighted by atomic mass is 9.80. The second-order valence-corrected chi connectivity index (χ2v) is 12.4. The van der Waals surface area contributed by atoms with E-state index in [1.165, 1.54) is 24.8 Å². The molecule has 3 aromatic rings. The molecule has 2 aromatic carbocycles. The van der Waals surface area contributed by atoms with E-state index < -0.39 is 22.0 Å². The number of allylic oxidation sites excluding steroid dienone is 1. The van der Waals surface area contributed by atoms with Crippen molar-refractivity contribution in [1.82, 2.24) is 14.1 Å². The van der Waals surface area contributed by atoms with Gasteiger partial charge in [0.15, 0.2) is 5.75 Å². The summed E-state index contributed by atoms with van der Waals surface area (Å²) in [5.41, 5.74) is 5.73. The molecule has 0 spiro atoms. The maximum Gasteiger partial charge on any atom is 0.404 e. The van der Waals surface area contributed by atoms with E-state index >= 15 is 0 Å². The summed E-state index contributed by atoms with van der Waals surface area (Å²) >= 11 is 0. The molecular formula is C29H31F4N3O3S. The van der Waals surface area contributed by atoms with Gasteiger partial charge in [-0.25, -0.2) is 21.8 Å². The number of alkyl halides is 3. The van der Waals surface area contributed by atoms with Crippen LogP contribution in [0.3, 0.4) is 0 Å². The Morgan fingerprint density at radius 2 is 1.85 bits per heavy atom. The molecule has 0 amide bonds. The summed E-state index contributed by atoms with van der Waals surface area (Å²) in [6.45, 7) is 1.93. The lowest BCUT2D eigenvalue weighted by Gasteiger charge is -2.31. The molecule has 0 unspecified atom stereocenters. The van der Waals surface area contributed by atoms with Crippen LogP contribution in [0.15, 0.2) is 65.9 Å². The van der Waals surface area contributed by atoms with Gasteiger partial charge in [0.2, 0.25) is 10.0 Å². The van der Waals surface area contributed by atoms with Crippen LogP contribution in [0.1, 0.15) is 42.5 Å². The quantitative estimate of drug-likeness (QED) is 0.237. The van der Waals surface area contributed by atoms with Gasteiger partial charge in [0.25, 0.3) is 0 Å². The van der Waals surface area contributed by atoms with E-state index in [0.29, 0.717) is 18.6 Å². The number of nitrogens with zero attached hydrogens (tertiary/aromatic N) is 3. The van der Waals surface area contributed by atoms with Crippen molar-refractivity contribution < 1.29 is 30.7 Å². The van der Waals surface area contributed by atoms with Crippen LogP contribution in [0.25, 0.3) is 5.69 Å². The van der Waals surface area contributed by atoms with Gasteiger partial charge in [-0.15, -0.1) is 0 Å². The van der Waals surface area contributed by atoms with Crippen LogP contribution in [-0.2, 0) is 22.9 Å². The third-order valence-electron chi connectivity index (χ3n) is 7.92. The number of hydrogen-bond donors (Lipinski definition) is 0. The summed E-state index contributed by atoms with van der Waals surface area (Å²) in [6.07, 6.45) is -0.830. The van der Waals surface area contributed by atoms with E-state index in [0.717, 1.165) is 38.8 Å². The zero-order valence-corrected chi connectivity index (χ0v) is 23.1. The van der Waals surface area contributed by atoms with Crippen LogP contribution in [0.4, 0.5) is 17.6 Å². The van der Waals surface area contributed by atoms with Gasteiger partial charge in [0.1, 0.15) is 11.6 Å². The third kappa shape index (κ3) is 5.81. The van der Waals surface area contributed by atoms with E-state index in [2.05, 4.69) is 5.10 Å². The predicted octanol–water partition coefficient (Wildman–Crippen LogP) is 5.82. The number of benzene rings is 2. The van der Waals surface area contributed by atoms with Crippen molar-refractivity contribution in [2.45, 2.75) is 44.7 Å². The van der Waals surface area contributed by atoms with E-state index in [9.17, 15) is 26.0 Å². The molecule has 1 heterocycles. The first kappa shape index (κ1) is 28.4. The van der Waals surface area contributed by atoms with Crippen molar-refractivity contribution in [3.8, 4) is 11.4 Å². The van der Waals surface area contributed by atoms with Crippen molar-refractivity contribution >= 4 is 10.0 Å². The SMILES string of the molecule is COc1ccccc1CCN(C[C@H]1CCC2=C1[C@@H](C)c1cnn(-c3ccc(F)cc3)c1C2)S(=O)(=O)CC(F)(F)F. The summed E-state index contributed by atoms with van der Waals surface area (Å²) in [4.78, 5) is 0. The van der Waals surface area contributed by atoms with Gasteiger partial charge in [0, 0.05) is 31.0 Å². The van der Waals surface area contributed by atoms with E-state index in [4.69, 9.17) is 4.74 Å². The molecule has 0 saturated heterocycles. The molecule has 2 aliphatic rings. The first-order valence-corrected chi connectivity index (χ1v) is 14.8. The molecule has 0 bridgehead atoms. The number of halogens is 4. The minimum Gasteiger partial charge on any atom is -0.496 e. The molecule has 0 aliphatic heterocycles. The summed E-state index contributed by atoms with van der Waals surface area (Å²) in [5.74, 6) is -1.94. The molecule has 5 rings (SSSR count). The largest absolute Gasteiger partial charge is 0.496 e. The molecule has 0 N–H and O–H groups in total. The molecule has 0 radical (unpaired) electrons. The maximum absolute atomic E-state index is 13.5. The lowest BCUT2D eigenvalue weighted by Crippen LogP contribution is -2.42. The van der Waals surface area contributed by atoms with Crippen LogP contribution < -0.4 is 4.74 Å². The average molecular weight is 578 g/mol. The number of hydrogen-bond acceptors (Lipinski definition) is 4. The van der Waals surface area contributed by atoms with Crippen molar-refractivity contribution in [3.63, 3.8) is 0 Å². The van der Waals surface area contributed by atoms with Gasteiger partial charge in [-0.1, -0.05) is 36.3 Å². The normalized spacial score (nSPS) is 19.2. The minimum absolute atomic E-state index is 0.0157. The second kappa shape index (κ2) is 11.0. The number of rotatable bonds is 9. The molecule has 11 heteroatoms. The molecule has 40 heavy (non-hydrogen) atoms. The van der Waals surface area contributed by atoms with Crippen LogP contribution in [0.5, 0.6) is 5.75 Å². The minimum atomic E-state index is -4.84. The molecular weight excluding hydrogens is 546 g/mol. The number of para-hydroxylation sites is 1. The Balaban J connectivity index is 1.40. The summed E-state index contributed by atoms with van der Waals surface area (Å²) in [5, 5.41) is 4.54. The molecule has 2 aliphatic carbocycles. The maximum atomic E-state index is 13.5. The van der Waals surface area contributed by atoms with Gasteiger partial charge in [0.05, 0.1) is 24.7 Å². The van der Waals surface area contributed by atoms with Gasteiger partial charge >= 0.3 is 6.18 Å². The van der Waals surface area contributed by atoms with Crippen LogP contribution in [0.2, 0.25) is 0 Å². The number of ether oxygens (including phenoxy) is 1. The van der Waals surface area contributed by atoms with Crippen molar-refractivity contribution in [2.24, 2.45) is 5.92 Å². The number of fused-ring (bicyclic) bond motifs is 1. The highest BCUT2D eigenvalue weighted by Gasteiger charge is 2.42. The average Bonchev–Trinajstić information content (AvgIpc) is 3.50. The predicted molar refractivity (Wildman–Crippen MR) is 144 cm³/mol. The fourth-order valence-corrected chi connectivity index (χ4v) is 7.49. The number of methoxy groups -OCH3 is 1. The first-order valence-electron chi connectivity index (χ1n) is 13.2. The standard InChI is InChI=1S/C29H31F4N3O3S/c1-19-25-16-34-36(24-11-9-23(30)10-12-24)26(25)15-21-7-8-22(28(19)21)17-35(40(37,38)18-29(31,32)33)14-13-20-5-3-4-6-27(20)39-2/h3-6,9-12,16,19,22H,7-8,13-15,17-18H2,1-2H3/t19-,22+/m0/s1. The second-order valence-electron chi connectivity index (χ2n) is 10.4. The summed E-state index contributed by atoms with van der Waals surface area (Å²) in [7, 11) is -3.11. The molecule has 6 nitrogen and oxygen atoms in total. The number of sulfonamides is 1. The third-order valence-corrected chi connectivity index (χ3v) is 9.73. The summed E-state index contributed by atoms with van der Waals surface area (Å²) < 4.78 is 87.6. The molecule has 0 saturated carbocycles. The highest BCUT2D eigenvalue weighted by molar-refractivity contribution is 7.89. The fraction of sp³-hybridized carbons (Fsp3) is 0.414. The van der Waals surface area contributed by atoms with Crippen LogP contribution >= 0.6 is 0 Å². The van der Waals surface area contributed by atoms with Gasteiger partial charge < -0.3 is 4.74 Å². The Bertz CT molecular complexity index is 1510. The zero-order chi connectivity index (χ0) is 28.7. The van der Waals surface area contributed by atoms with E-state index in [1.54, 1.807) is 47.3 Å². The highest BCUT2D eigenvalue weighted by atomic mass is 32.2. The first-order chi connectivity index (χ1) is 19.0. The van der Waals surface area contributed by atoms with E-state index in [1.807, 2.05) is 6.92 Å². The molecule has 1 aromatic heterocycles. The van der Waals surface area contributed by atoms with Crippen molar-refractivity contribution in [2.75, 3.05) is 26.0 Å². The van der Waals surface area contributed by atoms with Gasteiger partial charge in [-0.2, -0.15) is 18.3 Å². The smallest absolute Gasteiger partial charge is 0.404 e. The molecule has 214 valence electrons. The van der Waals surface area contributed by atoms with Gasteiger partial charge in [-0.05, 0) is 61.1 Å². The van der Waals surface area contributed by atoms with Gasteiger partial charge in [-0.3, -0.25) is 0 Å². The monoisotopic (exact) mass is 577 g/mol. The van der Waals surface area contributed by atoms with Crippen LogP contribution in [0, 0.1) is 11.7 Å². The Morgan fingerprint density at radius 3 is 2.55 bits per heavy atom. The Kier molecular flexibility index (Phi) is 7.80. The number of aromatic nitrogens is 2. The topological polar surface area (TPSA) is 64.4 Å². The molecule has 2 atom stereocenters. The summed E-state index contributed by atoms with van der Waals surface area (Å²) in [6, 6.07) is 13.2. The Hall–Kier alpha value is -3.18. The lowest BCUT2D eigenvalue weighted by molar-refractivity contribution is -0.107. The zero-order valence-electron chi connectivity index (χ0n) is 22.3. The van der Waals surface area contributed by atoms with Crippen molar-refractivity contribution in [1.29, 1.82) is 0 Å². The van der Waals surface area contributed by atoms with Crippen LogP contribution in [-0.4, -0.2) is 54.6 Å². The Morgan fingerprint density at radius 1 is 1.12 bits per heavy atom. The van der Waals surface area contributed by atoms with E-state index in [-0.39, 0.29) is 37.2 Å². The molecule has 0 fully saturated rings.